The highest BCUT2D eigenvalue weighted by Gasteiger charge is 2.12. The van der Waals surface area contributed by atoms with E-state index in [0.717, 1.165) is 11.3 Å². The van der Waals surface area contributed by atoms with Crippen LogP contribution in [0.15, 0.2) is 69.4 Å². The van der Waals surface area contributed by atoms with Crippen molar-refractivity contribution in [3.8, 4) is 0 Å². The van der Waals surface area contributed by atoms with E-state index in [9.17, 15) is 9.00 Å². The molecule has 1 heterocycles. The molecule has 0 amide bonds. The van der Waals surface area contributed by atoms with Crippen molar-refractivity contribution in [3.05, 3.63) is 65.0 Å². The summed E-state index contributed by atoms with van der Waals surface area (Å²) in [6.07, 6.45) is 0.907. The summed E-state index contributed by atoms with van der Waals surface area (Å²) >= 11 is 1.48. The molecule has 5 nitrogen and oxygen atoms in total. The van der Waals surface area contributed by atoms with Crippen LogP contribution in [0, 0.1) is 0 Å². The van der Waals surface area contributed by atoms with Gasteiger partial charge < -0.3 is 4.74 Å². The van der Waals surface area contributed by atoms with E-state index < -0.39 is 10.8 Å². The summed E-state index contributed by atoms with van der Waals surface area (Å²) in [5.74, 6) is 1.13. The molecule has 1 aromatic heterocycles. The van der Waals surface area contributed by atoms with E-state index in [4.69, 9.17) is 9.72 Å². The van der Waals surface area contributed by atoms with Crippen LogP contribution in [-0.2, 0) is 22.1 Å². The molecule has 2 aromatic carbocycles. The van der Waals surface area contributed by atoms with Crippen LogP contribution in [-0.4, -0.2) is 38.0 Å². The third-order valence-electron chi connectivity index (χ3n) is 4.31. The van der Waals surface area contributed by atoms with Gasteiger partial charge in [0.1, 0.15) is 0 Å². The van der Waals surface area contributed by atoms with Gasteiger partial charge in [-0.05, 0) is 44.5 Å². The molecule has 29 heavy (non-hydrogen) atoms. The lowest BCUT2D eigenvalue weighted by molar-refractivity contribution is 0.0743. The molecule has 0 bridgehead atoms. The molecule has 0 aliphatic heterocycles. The number of ether oxygens (including phenoxy) is 1. The number of benzene rings is 2. The summed E-state index contributed by atoms with van der Waals surface area (Å²) in [4.78, 5) is 18.5. The lowest BCUT2D eigenvalue weighted by atomic mass is 10.2. The van der Waals surface area contributed by atoms with Gasteiger partial charge in [-0.3, -0.25) is 13.6 Å². The first kappa shape index (κ1) is 21.7. The van der Waals surface area contributed by atoms with Gasteiger partial charge in [-0.1, -0.05) is 42.1 Å². The fraction of sp³-hybridized carbons (Fsp3) is 0.364. The van der Waals surface area contributed by atoms with E-state index in [2.05, 4.69) is 0 Å². The molecule has 154 valence electrons. The summed E-state index contributed by atoms with van der Waals surface area (Å²) in [7, 11) is -1.06. The van der Waals surface area contributed by atoms with Crippen molar-refractivity contribution in [2.24, 2.45) is 0 Å². The number of nitrogens with zero attached hydrogens (tertiary/aromatic N) is 2. The van der Waals surface area contributed by atoms with Gasteiger partial charge in [0.05, 0.1) is 27.8 Å². The molecule has 7 heteroatoms. The Morgan fingerprint density at radius 1 is 1.10 bits per heavy atom. The number of rotatable bonds is 10. The predicted octanol–water partition coefficient (Wildman–Crippen LogP) is 4.11. The summed E-state index contributed by atoms with van der Waals surface area (Å²) in [5, 5.41) is 1.29. The minimum absolute atomic E-state index is 0.0353. The molecule has 0 spiro atoms. The number of thioether (sulfide) groups is 1. The maximum absolute atomic E-state index is 13.0. The Labute approximate surface area is 178 Å². The number of fused-ring (bicyclic) bond motifs is 1. The van der Waals surface area contributed by atoms with Crippen molar-refractivity contribution in [2.75, 3.05) is 18.1 Å². The zero-order valence-electron chi connectivity index (χ0n) is 16.7. The summed E-state index contributed by atoms with van der Waals surface area (Å²) in [6, 6.07) is 16.8. The molecule has 0 fully saturated rings. The SMILES string of the molecule is CC(C)OCCCn1c(SCCS(=O)c2ccccc2)nc2ccccc2c1=O. The number of para-hydroxylation sites is 1. The zero-order valence-corrected chi connectivity index (χ0v) is 18.4. The highest BCUT2D eigenvalue weighted by atomic mass is 32.2. The van der Waals surface area contributed by atoms with Gasteiger partial charge in [0.2, 0.25) is 0 Å². The summed E-state index contributed by atoms with van der Waals surface area (Å²) in [5.41, 5.74) is 0.658. The van der Waals surface area contributed by atoms with E-state index in [0.29, 0.717) is 40.7 Å². The fourth-order valence-electron chi connectivity index (χ4n) is 2.90. The first-order valence-electron chi connectivity index (χ1n) is 9.73. The van der Waals surface area contributed by atoms with Crippen molar-refractivity contribution in [1.29, 1.82) is 0 Å². The first-order valence-corrected chi connectivity index (χ1v) is 12.0. The first-order chi connectivity index (χ1) is 14.1. The highest BCUT2D eigenvalue weighted by Crippen LogP contribution is 2.19. The Bertz CT molecular complexity index is 1020. The van der Waals surface area contributed by atoms with Crippen LogP contribution < -0.4 is 5.56 Å². The number of hydrogen-bond acceptors (Lipinski definition) is 5. The third kappa shape index (κ3) is 6.01. The van der Waals surface area contributed by atoms with Crippen LogP contribution in [0.3, 0.4) is 0 Å². The topological polar surface area (TPSA) is 61.2 Å². The van der Waals surface area contributed by atoms with E-state index >= 15 is 0 Å². The Balaban J connectivity index is 1.74. The van der Waals surface area contributed by atoms with Crippen molar-refractivity contribution in [2.45, 2.75) is 43.0 Å². The lowest BCUT2D eigenvalue weighted by Gasteiger charge is -2.14. The second-order valence-electron chi connectivity index (χ2n) is 6.85. The fourth-order valence-corrected chi connectivity index (χ4v) is 5.21. The van der Waals surface area contributed by atoms with Crippen LogP contribution in [0.5, 0.6) is 0 Å². The van der Waals surface area contributed by atoms with E-state index in [1.165, 1.54) is 11.8 Å². The van der Waals surface area contributed by atoms with Crippen molar-refractivity contribution >= 4 is 33.5 Å². The molecule has 1 atom stereocenters. The van der Waals surface area contributed by atoms with Crippen molar-refractivity contribution < 1.29 is 8.95 Å². The molecule has 3 aromatic rings. The molecule has 0 radical (unpaired) electrons. The van der Waals surface area contributed by atoms with E-state index in [1.807, 2.05) is 68.4 Å². The van der Waals surface area contributed by atoms with Crippen molar-refractivity contribution in [3.63, 3.8) is 0 Å². The van der Waals surface area contributed by atoms with Gasteiger partial charge in [0.15, 0.2) is 5.16 Å². The Hall–Kier alpha value is -1.96. The van der Waals surface area contributed by atoms with Gasteiger partial charge >= 0.3 is 0 Å². The number of aromatic nitrogens is 2. The quantitative estimate of drug-likeness (QED) is 0.275. The van der Waals surface area contributed by atoms with Gasteiger partial charge in [-0.25, -0.2) is 4.98 Å². The third-order valence-corrected chi connectivity index (χ3v) is 6.92. The van der Waals surface area contributed by atoms with Gasteiger partial charge in [0, 0.05) is 29.6 Å². The minimum atomic E-state index is -1.06. The van der Waals surface area contributed by atoms with Crippen LogP contribution >= 0.6 is 11.8 Å². The summed E-state index contributed by atoms with van der Waals surface area (Å²) < 4.78 is 19.8. The van der Waals surface area contributed by atoms with E-state index in [-0.39, 0.29) is 11.7 Å². The van der Waals surface area contributed by atoms with Crippen LogP contribution in [0.1, 0.15) is 20.3 Å². The molecule has 0 saturated carbocycles. The van der Waals surface area contributed by atoms with Gasteiger partial charge in [0.25, 0.3) is 5.56 Å². The Morgan fingerprint density at radius 3 is 2.59 bits per heavy atom. The van der Waals surface area contributed by atoms with Crippen LogP contribution in [0.4, 0.5) is 0 Å². The molecular formula is C22H26N2O3S2. The normalized spacial score (nSPS) is 12.5. The minimum Gasteiger partial charge on any atom is -0.379 e. The molecule has 0 saturated heterocycles. The monoisotopic (exact) mass is 430 g/mol. The molecule has 3 rings (SSSR count). The maximum Gasteiger partial charge on any atom is 0.262 e. The molecule has 0 N–H and O–H groups in total. The molecule has 0 aliphatic rings. The Morgan fingerprint density at radius 2 is 1.83 bits per heavy atom. The zero-order chi connectivity index (χ0) is 20.6. The van der Waals surface area contributed by atoms with Crippen LogP contribution in [0.25, 0.3) is 10.9 Å². The average molecular weight is 431 g/mol. The highest BCUT2D eigenvalue weighted by molar-refractivity contribution is 8.00. The molecule has 1 unspecified atom stereocenters. The smallest absolute Gasteiger partial charge is 0.262 e. The predicted molar refractivity (Wildman–Crippen MR) is 120 cm³/mol. The number of hydrogen-bond donors (Lipinski definition) is 0. The second-order valence-corrected chi connectivity index (χ2v) is 9.49. The summed E-state index contributed by atoms with van der Waals surface area (Å²) in [6.45, 7) is 5.14. The Kier molecular flexibility index (Phi) is 8.03. The van der Waals surface area contributed by atoms with Gasteiger partial charge in [-0.15, -0.1) is 0 Å². The molecular weight excluding hydrogens is 404 g/mol. The second kappa shape index (κ2) is 10.7. The largest absolute Gasteiger partial charge is 0.379 e. The van der Waals surface area contributed by atoms with E-state index in [1.54, 1.807) is 4.57 Å². The van der Waals surface area contributed by atoms with Crippen molar-refractivity contribution in [1.82, 2.24) is 9.55 Å². The maximum atomic E-state index is 13.0. The standard InChI is InChI=1S/C22H26N2O3S2/c1-17(2)27-14-8-13-24-21(25)19-11-6-7-12-20(19)23-22(24)28-15-16-29(26)18-9-4-3-5-10-18/h3-7,9-12,17H,8,13-16H2,1-2H3. The lowest BCUT2D eigenvalue weighted by Crippen LogP contribution is -2.24. The van der Waals surface area contributed by atoms with Crippen LogP contribution in [0.2, 0.25) is 0 Å². The molecule has 0 aliphatic carbocycles. The van der Waals surface area contributed by atoms with Gasteiger partial charge in [-0.2, -0.15) is 0 Å². The average Bonchev–Trinajstić information content (AvgIpc) is 2.73.